The van der Waals surface area contributed by atoms with E-state index in [1.54, 1.807) is 161 Å². The summed E-state index contributed by atoms with van der Waals surface area (Å²) in [5.74, 6) is 2.44. The van der Waals surface area contributed by atoms with Gasteiger partial charge in [0.05, 0.1) is 145 Å². The van der Waals surface area contributed by atoms with Gasteiger partial charge in [0.25, 0.3) is 11.4 Å². The van der Waals surface area contributed by atoms with Crippen LogP contribution in [0.25, 0.3) is 44.4 Å². The molecule has 4 atom stereocenters. The van der Waals surface area contributed by atoms with Crippen LogP contribution in [0, 0.1) is 27.7 Å². The number of hydrogen-bond acceptors (Lipinski definition) is 28. The number of nitrogen functional groups attached to an aromatic ring is 1. The topological polar surface area (TPSA) is 450 Å². The van der Waals surface area contributed by atoms with Gasteiger partial charge in [-0.2, -0.15) is 20.4 Å². The number of hydrogen-bond donors (Lipinski definition) is 2. The molecule has 0 spiro atoms. The summed E-state index contributed by atoms with van der Waals surface area (Å²) in [5.41, 5.74) is 17.5. The molecule has 764 valence electrons. The Balaban J connectivity index is 0.000000220. The number of rotatable bonds is 37. The molecule has 8 aromatic carbocycles. The first kappa shape index (κ1) is 115. The van der Waals surface area contributed by atoms with Crippen LogP contribution in [0.3, 0.4) is 0 Å². The summed E-state index contributed by atoms with van der Waals surface area (Å²) in [6.45, 7) is 17.3. The Morgan fingerprint density at radius 3 is 1.15 bits per heavy atom. The van der Waals surface area contributed by atoms with E-state index < -0.39 is 72.8 Å². The molecule has 0 radical (unpaired) electrons. The van der Waals surface area contributed by atoms with Gasteiger partial charge in [0.1, 0.15) is 39.3 Å². The zero-order chi connectivity index (χ0) is 103. The number of H-pyrrole nitrogens is 1. The molecular weight excluding hydrogens is 2140 g/mol. The zero-order valence-electron chi connectivity index (χ0n) is 83.4. The largest absolute Gasteiger partial charge is 0.498 e. The Hall–Kier alpha value is -12.2. The number of ether oxygens (including phenoxy) is 8. The molecule has 1 aliphatic heterocycles. The van der Waals surface area contributed by atoms with Gasteiger partial charge in [-0.25, -0.2) is 38.5 Å². The number of aryl methyl sites for hydroxylation is 4. The van der Waals surface area contributed by atoms with Crippen molar-refractivity contribution >= 4 is 96.0 Å². The summed E-state index contributed by atoms with van der Waals surface area (Å²) >= 11 is 3.21. The maximum atomic E-state index is 13.2. The predicted octanol–water partition coefficient (Wildman–Crippen LogP) is 15.3. The van der Waals surface area contributed by atoms with Crippen LogP contribution in [-0.2, 0) is 117 Å². The SMILES string of the molecule is CCOc1cc([C@@H](CS(C)(=O)=O)n2c(=O)[nH]c3c(-c4cnn(C)c4)cccc32)ccc1OC.CCOc1cc([C@H](Cc2cccc(-c3cnn(C)c3)c2N)CS(C)(=O)=O)ccc1OC.CCOc1cc([C@H](Cc2cccc(-c3cnn(C)c3)c2[N+](=O)[O-])CS(C)(=O)=O)ccc1OC.CCOc1cc([C@H](Cc2cccc(Br)c2[N+](=O)[O-])CS(C)(=O)=O)ccc1OC.Cn1cc(B2OC(C)(C)C(C)(C)O2)cn1.[CH3-].[W]. The summed E-state index contributed by atoms with van der Waals surface area (Å²) in [6.07, 6.45) is 19.8. The molecule has 1 fully saturated rings. The Kier molecular flexibility index (Phi) is 40.7. The van der Waals surface area contributed by atoms with E-state index in [-0.39, 0.29) is 100.0 Å². The third kappa shape index (κ3) is 30.7. The molecule has 0 bridgehead atoms. The molecule has 36 nitrogen and oxygen atoms in total. The number of nitrogens with two attached hydrogens (primary N) is 1. The smallest absolute Gasteiger partial charge is 0.493 e. The molecule has 0 amide bonds. The molecule has 0 saturated carbocycles. The Labute approximate surface area is 852 Å². The number of nitrogens with one attached hydrogen (secondary N) is 1. The molecule has 5 aromatic heterocycles. The molecule has 0 aliphatic carbocycles. The summed E-state index contributed by atoms with van der Waals surface area (Å²) in [5, 5.41) is 40.2. The van der Waals surface area contributed by atoms with Gasteiger partial charge in [-0.1, -0.05) is 78.9 Å². The number of fused-ring (bicyclic) bond motifs is 1. The van der Waals surface area contributed by atoms with Crippen molar-refractivity contribution in [2.75, 3.05) is 109 Å². The fourth-order valence-electron chi connectivity index (χ4n) is 16.2. The number of methoxy groups -OCH3 is 4. The predicted molar refractivity (Wildman–Crippen MR) is 552 cm³/mol. The number of nitro groups is 2. The van der Waals surface area contributed by atoms with E-state index >= 15 is 0 Å². The first-order valence-electron chi connectivity index (χ1n) is 44.6. The van der Waals surface area contributed by atoms with Gasteiger partial charge in [-0.05, 0) is 185 Å². The number of nitrogens with zero attached hydrogens (tertiary/aromatic N) is 11. The molecule has 1 saturated heterocycles. The molecule has 3 N–H and O–H groups in total. The van der Waals surface area contributed by atoms with Crippen molar-refractivity contribution in [1.82, 2.24) is 48.7 Å². The molecule has 6 heterocycles. The van der Waals surface area contributed by atoms with Crippen LogP contribution in [0.4, 0.5) is 17.1 Å². The van der Waals surface area contributed by atoms with E-state index in [2.05, 4.69) is 41.3 Å². The molecule has 1 aliphatic rings. The molecular formula is C99H124BBrN13O23S4W-. The first-order chi connectivity index (χ1) is 66.0. The van der Waals surface area contributed by atoms with E-state index in [1.807, 2.05) is 144 Å². The minimum absolute atomic E-state index is 0. The maximum Gasteiger partial charge on any atom is 0.498 e. The second-order valence-corrected chi connectivity index (χ2v) is 44.3. The summed E-state index contributed by atoms with van der Waals surface area (Å²) in [6, 6.07) is 41.8. The van der Waals surface area contributed by atoms with Gasteiger partial charge >= 0.3 is 12.8 Å². The number of benzene rings is 8. The average Bonchev–Trinajstić information content (AvgIpc) is 1.63. The van der Waals surface area contributed by atoms with Crippen molar-refractivity contribution in [3.63, 3.8) is 0 Å². The molecule has 14 rings (SSSR count). The third-order valence-corrected chi connectivity index (χ3v) is 27.8. The third-order valence-electron chi connectivity index (χ3n) is 23.2. The van der Waals surface area contributed by atoms with Crippen LogP contribution in [-0.4, -0.2) is 213 Å². The van der Waals surface area contributed by atoms with Crippen molar-refractivity contribution in [2.24, 2.45) is 28.2 Å². The number of anilines is 1. The van der Waals surface area contributed by atoms with Gasteiger partial charge in [0.15, 0.2) is 46.0 Å². The molecule has 0 unspecified atom stereocenters. The standard InChI is InChI=1S/C23H26N4O5S.C23H27N3O6S.C23H29N3O4S.C19H22BrNO6S.C10H17BN2O2.CH3.W/c1-5-32-21-11-15(9-10-20(21)31-3)19(14-33(4,29)30)27-18-8-6-7-17(22(18)25-23(27)28)16-12-24-26(2)13-16;1-5-32-22-12-16(9-10-21(22)31-3)18(15-33(4,29)30)11-17-7-6-8-20(23(17)26(27)28)19-13-24-25(2)14-19;1-5-30-22-12-16(9-10-21(22)29-3)18(15-31(4,27)28)11-17-7-6-8-20(23(17)24)19-13-25-26(2)14-19;1-4-27-18-11-13(8-9-17(18)26-2)15(12-28(3,24)25)10-14-6-5-7-16(20)19(14)21(22)23;1-9(2)10(3,4)15-11(14-9)8-6-12-13(5)7-8;;/h6-13,19H,5,14H2,1-4H3,(H,25,28);6-10,12-14,18H,5,11,15H2,1-4H3;6-10,12-14,18H,5,11,15,24H2,1-4H3;5-9,11,15H,4,10,12H2,1-3H3;6-7H,1-5H3;1H3;/q;;;;;-1;/t19-;2*18-;15-;;;/m1111.../s1. The van der Waals surface area contributed by atoms with Crippen LogP contribution in [0.1, 0.15) is 118 Å². The van der Waals surface area contributed by atoms with Crippen LogP contribution in [0.15, 0.2) is 204 Å². The minimum Gasteiger partial charge on any atom is -0.493 e. The molecule has 142 heavy (non-hydrogen) atoms. The zero-order valence-corrected chi connectivity index (χ0v) is 91.2. The first-order valence-corrected chi connectivity index (χ1v) is 53.6. The fraction of sp³-hybridized carbons (Fsp3) is 0.374. The van der Waals surface area contributed by atoms with Gasteiger partial charge < -0.3 is 65.3 Å². The van der Waals surface area contributed by atoms with Crippen LogP contribution in [0.5, 0.6) is 46.0 Å². The summed E-state index contributed by atoms with van der Waals surface area (Å²) in [4.78, 5) is 38.8. The number of halogens is 1. The van der Waals surface area contributed by atoms with Crippen LogP contribution in [0.2, 0.25) is 0 Å². The Morgan fingerprint density at radius 2 is 0.782 bits per heavy atom. The number of para-hydroxylation sites is 4. The number of nitro benzene ring substituents is 2. The molecule has 43 heteroatoms. The second kappa shape index (κ2) is 50.2. The Morgan fingerprint density at radius 1 is 0.451 bits per heavy atom. The summed E-state index contributed by atoms with van der Waals surface area (Å²) < 4.78 is 162. The van der Waals surface area contributed by atoms with Crippen molar-refractivity contribution in [3.05, 3.63) is 277 Å². The van der Waals surface area contributed by atoms with E-state index in [0.29, 0.717) is 139 Å². The van der Waals surface area contributed by atoms with E-state index in [9.17, 15) is 58.7 Å². The van der Waals surface area contributed by atoms with Crippen LogP contribution >= 0.6 is 15.9 Å². The van der Waals surface area contributed by atoms with E-state index in [0.717, 1.165) is 57.6 Å². The van der Waals surface area contributed by atoms with Crippen LogP contribution < -0.4 is 54.8 Å². The van der Waals surface area contributed by atoms with Gasteiger partial charge in [-0.15, -0.1) is 0 Å². The van der Waals surface area contributed by atoms with Crippen molar-refractivity contribution in [1.29, 1.82) is 0 Å². The Bertz CT molecular complexity index is 7070. The quantitative estimate of drug-likeness (QED) is 0.0120. The molecule has 13 aromatic rings. The van der Waals surface area contributed by atoms with Crippen molar-refractivity contribution in [3.8, 4) is 79.4 Å². The van der Waals surface area contributed by atoms with Crippen molar-refractivity contribution in [2.45, 2.75) is 110 Å². The summed E-state index contributed by atoms with van der Waals surface area (Å²) in [7, 11) is -0.224. The second-order valence-electron chi connectivity index (χ2n) is 34.7. The number of sulfone groups is 4. The van der Waals surface area contributed by atoms with Gasteiger partial charge in [-0.3, -0.25) is 43.5 Å². The minimum atomic E-state index is -3.44. The van der Waals surface area contributed by atoms with E-state index in [1.165, 1.54) is 32.2 Å². The van der Waals surface area contributed by atoms with Gasteiger partial charge in [0.2, 0.25) is 0 Å². The fourth-order valence-corrected chi connectivity index (χ4v) is 20.8. The normalized spacial score (nSPS) is 13.5. The maximum absolute atomic E-state index is 13.2. The average molecular weight is 2270 g/mol. The number of aromatic nitrogens is 10. The van der Waals surface area contributed by atoms with Crippen molar-refractivity contribution < 1.29 is 112 Å². The number of aromatic amines is 1. The number of imidazole rings is 1. The van der Waals surface area contributed by atoms with E-state index in [4.69, 9.17) is 52.9 Å². The van der Waals surface area contributed by atoms with Gasteiger partial charge in [0, 0.05) is 173 Å². The monoisotopic (exact) mass is 2260 g/mol.